The molecule has 1 N–H and O–H groups in total. The molecule has 0 spiro atoms. The molecule has 0 saturated carbocycles. The van der Waals surface area contributed by atoms with E-state index in [-0.39, 0.29) is 5.78 Å². The van der Waals surface area contributed by atoms with E-state index in [0.717, 1.165) is 0 Å². The van der Waals surface area contributed by atoms with Gasteiger partial charge in [-0.05, 0) is 39.1 Å². The number of ether oxygens (including phenoxy) is 1. The largest absolute Gasteiger partial charge is 0.444 e. The van der Waals surface area contributed by atoms with Gasteiger partial charge in [-0.3, -0.25) is 4.79 Å². The van der Waals surface area contributed by atoms with E-state index in [2.05, 4.69) is 5.32 Å². The molecule has 0 aliphatic rings. The molecule has 1 rings (SSSR count). The Morgan fingerprint density at radius 1 is 1.44 bits per heavy atom. The molecule has 1 heterocycles. The molecule has 4 nitrogen and oxygen atoms in total. The van der Waals surface area contributed by atoms with E-state index in [9.17, 15) is 9.59 Å². The van der Waals surface area contributed by atoms with Crippen LogP contribution in [0.4, 0.5) is 4.79 Å². The van der Waals surface area contributed by atoms with E-state index in [1.54, 1.807) is 39.1 Å². The van der Waals surface area contributed by atoms with E-state index in [4.69, 9.17) is 16.3 Å². The number of carbonyl (C=O) groups is 2. The zero-order valence-corrected chi connectivity index (χ0v) is 12.3. The van der Waals surface area contributed by atoms with Crippen LogP contribution in [-0.4, -0.2) is 23.5 Å². The van der Waals surface area contributed by atoms with Crippen molar-refractivity contribution in [1.29, 1.82) is 0 Å². The topological polar surface area (TPSA) is 55.4 Å². The second-order valence-corrected chi connectivity index (χ2v) is 6.15. The van der Waals surface area contributed by atoms with Gasteiger partial charge in [-0.2, -0.15) is 0 Å². The van der Waals surface area contributed by atoms with Gasteiger partial charge in [0.2, 0.25) is 0 Å². The highest BCUT2D eigenvalue weighted by Crippen LogP contribution is 2.23. The lowest BCUT2D eigenvalue weighted by atomic mass is 10.2. The number of carbonyl (C=O) groups excluding carboxylic acids is 2. The van der Waals surface area contributed by atoms with Gasteiger partial charge in [0.25, 0.3) is 0 Å². The van der Waals surface area contributed by atoms with Crippen LogP contribution in [0.5, 0.6) is 0 Å². The number of halogens is 1. The predicted octanol–water partition coefficient (Wildman–Crippen LogP) is 3.50. The Morgan fingerprint density at radius 2 is 2.06 bits per heavy atom. The molecule has 1 aromatic rings. The Hall–Kier alpha value is -1.07. The maximum Gasteiger partial charge on any atom is 0.408 e. The van der Waals surface area contributed by atoms with Crippen LogP contribution in [0.2, 0.25) is 5.02 Å². The van der Waals surface area contributed by atoms with E-state index >= 15 is 0 Å². The van der Waals surface area contributed by atoms with Crippen LogP contribution in [0.3, 0.4) is 0 Å². The van der Waals surface area contributed by atoms with Crippen molar-refractivity contribution in [3.05, 3.63) is 21.3 Å². The van der Waals surface area contributed by atoms with Crippen molar-refractivity contribution < 1.29 is 14.3 Å². The van der Waals surface area contributed by atoms with Gasteiger partial charge in [0.15, 0.2) is 5.78 Å². The molecule has 1 aromatic heterocycles. The van der Waals surface area contributed by atoms with E-state index < -0.39 is 17.7 Å². The SMILES string of the molecule is CC(NC(=O)OC(C)(C)C)C(=O)c1sccc1Cl. The number of Topliss-reactive ketones (excluding diaryl/α,β-unsaturated/α-hetero) is 1. The van der Waals surface area contributed by atoms with Crippen molar-refractivity contribution >= 4 is 34.8 Å². The van der Waals surface area contributed by atoms with Gasteiger partial charge >= 0.3 is 6.09 Å². The summed E-state index contributed by atoms with van der Waals surface area (Å²) in [6.45, 7) is 6.88. The highest BCUT2D eigenvalue weighted by molar-refractivity contribution is 7.12. The lowest BCUT2D eigenvalue weighted by molar-refractivity contribution is 0.0497. The Kier molecular flexibility index (Phi) is 4.76. The van der Waals surface area contributed by atoms with Crippen LogP contribution in [-0.2, 0) is 4.74 Å². The highest BCUT2D eigenvalue weighted by atomic mass is 35.5. The van der Waals surface area contributed by atoms with Gasteiger partial charge in [-0.25, -0.2) is 4.79 Å². The number of hydrogen-bond donors (Lipinski definition) is 1. The van der Waals surface area contributed by atoms with Crippen LogP contribution >= 0.6 is 22.9 Å². The first-order chi connectivity index (χ1) is 8.20. The van der Waals surface area contributed by atoms with Gasteiger partial charge in [0.05, 0.1) is 15.9 Å². The third-order valence-electron chi connectivity index (χ3n) is 1.97. The predicted molar refractivity (Wildman–Crippen MR) is 72.5 cm³/mol. The van der Waals surface area contributed by atoms with E-state index in [1.165, 1.54) is 11.3 Å². The number of nitrogens with one attached hydrogen (secondary N) is 1. The summed E-state index contributed by atoms with van der Waals surface area (Å²) in [6, 6.07) is 0.982. The summed E-state index contributed by atoms with van der Waals surface area (Å²) >= 11 is 7.12. The van der Waals surface area contributed by atoms with Crippen molar-refractivity contribution in [1.82, 2.24) is 5.32 Å². The minimum atomic E-state index is -0.670. The van der Waals surface area contributed by atoms with Crippen LogP contribution < -0.4 is 5.32 Å². The molecule has 0 saturated heterocycles. The quantitative estimate of drug-likeness (QED) is 0.867. The zero-order valence-electron chi connectivity index (χ0n) is 10.7. The third kappa shape index (κ3) is 4.31. The Balaban J connectivity index is 2.61. The fourth-order valence-corrected chi connectivity index (χ4v) is 2.39. The van der Waals surface area contributed by atoms with Crippen molar-refractivity contribution in [2.24, 2.45) is 0 Å². The van der Waals surface area contributed by atoms with Gasteiger partial charge in [-0.15, -0.1) is 11.3 Å². The molecular formula is C12H16ClNO3S. The van der Waals surface area contributed by atoms with Crippen LogP contribution in [0.1, 0.15) is 37.4 Å². The number of rotatable bonds is 3. The van der Waals surface area contributed by atoms with E-state index in [0.29, 0.717) is 9.90 Å². The first-order valence-electron chi connectivity index (χ1n) is 5.47. The number of amides is 1. The molecule has 0 bridgehead atoms. The minimum absolute atomic E-state index is 0.221. The molecule has 6 heteroatoms. The molecule has 0 aromatic carbocycles. The second kappa shape index (κ2) is 5.71. The Morgan fingerprint density at radius 3 is 2.50 bits per heavy atom. The zero-order chi connectivity index (χ0) is 13.9. The van der Waals surface area contributed by atoms with Crippen LogP contribution in [0, 0.1) is 0 Å². The fraction of sp³-hybridized carbons (Fsp3) is 0.500. The number of thiophene rings is 1. The molecule has 0 aliphatic heterocycles. The summed E-state index contributed by atoms with van der Waals surface area (Å²) in [6.07, 6.45) is -0.615. The second-order valence-electron chi connectivity index (χ2n) is 4.83. The summed E-state index contributed by atoms with van der Waals surface area (Å²) in [7, 11) is 0. The third-order valence-corrected chi connectivity index (χ3v) is 3.32. The van der Waals surface area contributed by atoms with Crippen LogP contribution in [0.25, 0.3) is 0 Å². The van der Waals surface area contributed by atoms with Gasteiger partial charge < -0.3 is 10.1 Å². The minimum Gasteiger partial charge on any atom is -0.444 e. The molecular weight excluding hydrogens is 274 g/mol. The summed E-state index contributed by atoms with van der Waals surface area (Å²) in [4.78, 5) is 23.9. The van der Waals surface area contributed by atoms with Gasteiger partial charge in [0, 0.05) is 0 Å². The summed E-state index contributed by atoms with van der Waals surface area (Å²) in [5.74, 6) is -0.221. The Labute approximate surface area is 115 Å². The fourth-order valence-electron chi connectivity index (χ4n) is 1.22. The van der Waals surface area contributed by atoms with Crippen LogP contribution in [0.15, 0.2) is 11.4 Å². The van der Waals surface area contributed by atoms with Crippen molar-refractivity contribution in [2.75, 3.05) is 0 Å². The molecule has 0 fully saturated rings. The summed E-state index contributed by atoms with van der Waals surface area (Å²) in [5.41, 5.74) is -0.590. The van der Waals surface area contributed by atoms with Gasteiger partial charge in [-0.1, -0.05) is 11.6 Å². The molecule has 1 unspecified atom stereocenters. The van der Waals surface area contributed by atoms with Crippen molar-refractivity contribution in [3.63, 3.8) is 0 Å². The normalized spacial score (nSPS) is 12.9. The monoisotopic (exact) mass is 289 g/mol. The summed E-state index contributed by atoms with van der Waals surface area (Å²) in [5, 5.41) is 4.63. The van der Waals surface area contributed by atoms with Crippen molar-refractivity contribution in [3.8, 4) is 0 Å². The smallest absolute Gasteiger partial charge is 0.408 e. The first kappa shape index (κ1) is 15.0. The summed E-state index contributed by atoms with van der Waals surface area (Å²) < 4.78 is 5.07. The van der Waals surface area contributed by atoms with E-state index in [1.807, 2.05) is 0 Å². The van der Waals surface area contributed by atoms with Gasteiger partial charge in [0.1, 0.15) is 5.60 Å². The lowest BCUT2D eigenvalue weighted by Crippen LogP contribution is -2.41. The first-order valence-corrected chi connectivity index (χ1v) is 6.73. The number of ketones is 1. The average Bonchev–Trinajstić information content (AvgIpc) is 2.60. The average molecular weight is 290 g/mol. The number of alkyl carbamates (subject to hydrolysis) is 1. The molecule has 1 amide bonds. The van der Waals surface area contributed by atoms with Crippen molar-refractivity contribution in [2.45, 2.75) is 39.3 Å². The highest BCUT2D eigenvalue weighted by Gasteiger charge is 2.23. The number of hydrogen-bond acceptors (Lipinski definition) is 4. The lowest BCUT2D eigenvalue weighted by Gasteiger charge is -2.21. The maximum atomic E-state index is 12.0. The molecule has 18 heavy (non-hydrogen) atoms. The molecule has 0 radical (unpaired) electrons. The molecule has 0 aliphatic carbocycles. The maximum absolute atomic E-state index is 12.0. The standard InChI is InChI=1S/C12H16ClNO3S/c1-7(14-11(16)17-12(2,3)4)9(15)10-8(13)5-6-18-10/h5-7H,1-4H3,(H,14,16). The Bertz CT molecular complexity index is 450. The molecule has 1 atom stereocenters. The molecule has 100 valence electrons.